The number of Topliss-reactive ketones (excluding diaryl/α,β-unsaturated/α-hetero) is 1. The third-order valence-corrected chi connectivity index (χ3v) is 3.61. The normalized spacial score (nSPS) is 11.5. The molecule has 0 spiro atoms. The number of hydrogen-bond acceptors (Lipinski definition) is 3. The maximum absolute atomic E-state index is 12.8. The van der Waals surface area contributed by atoms with Crippen LogP contribution in [0.3, 0.4) is 0 Å². The first-order valence-electron chi connectivity index (χ1n) is 8.11. The lowest BCUT2D eigenvalue weighted by Crippen LogP contribution is -3.11. The molecule has 6 nitrogen and oxygen atoms in total. The van der Waals surface area contributed by atoms with Crippen LogP contribution in [0.4, 0.5) is 15.8 Å². The molecule has 0 aromatic heterocycles. The average Bonchev–Trinajstić information content (AvgIpc) is 2.56. The Balaban J connectivity index is 1.82. The minimum atomic E-state index is -0.378. The number of ketones is 1. The van der Waals surface area contributed by atoms with Gasteiger partial charge < -0.3 is 15.5 Å². The number of anilines is 2. The van der Waals surface area contributed by atoms with Crippen LogP contribution in [0.25, 0.3) is 0 Å². The van der Waals surface area contributed by atoms with E-state index in [1.807, 2.05) is 0 Å². The van der Waals surface area contributed by atoms with Crippen molar-refractivity contribution in [2.45, 2.75) is 6.92 Å². The summed E-state index contributed by atoms with van der Waals surface area (Å²) in [5.74, 6) is -1.00. The molecule has 2 amide bonds. The van der Waals surface area contributed by atoms with E-state index in [4.69, 9.17) is 0 Å². The topological polar surface area (TPSA) is 79.7 Å². The molecule has 0 bridgehead atoms. The number of carbonyl (C=O) groups is 3. The first-order valence-corrected chi connectivity index (χ1v) is 8.11. The van der Waals surface area contributed by atoms with Gasteiger partial charge in [0.2, 0.25) is 0 Å². The van der Waals surface area contributed by atoms with Crippen molar-refractivity contribution in [1.29, 1.82) is 0 Å². The molecule has 7 heteroatoms. The van der Waals surface area contributed by atoms with E-state index >= 15 is 0 Å². The highest BCUT2D eigenvalue weighted by Crippen LogP contribution is 2.10. The maximum atomic E-state index is 12.8. The zero-order valence-electron chi connectivity index (χ0n) is 14.6. The van der Waals surface area contributed by atoms with Gasteiger partial charge in [0, 0.05) is 16.9 Å². The van der Waals surface area contributed by atoms with E-state index in [1.165, 1.54) is 31.2 Å². The van der Waals surface area contributed by atoms with Gasteiger partial charge in [-0.15, -0.1) is 0 Å². The molecule has 3 N–H and O–H groups in total. The van der Waals surface area contributed by atoms with Crippen molar-refractivity contribution in [3.8, 4) is 0 Å². The van der Waals surface area contributed by atoms with Gasteiger partial charge in [-0.25, -0.2) is 4.39 Å². The molecule has 0 radical (unpaired) electrons. The van der Waals surface area contributed by atoms with Crippen molar-refractivity contribution in [2.75, 3.05) is 30.8 Å². The van der Waals surface area contributed by atoms with Gasteiger partial charge in [0.25, 0.3) is 11.8 Å². The fraction of sp³-hybridized carbons (Fsp3) is 0.211. The van der Waals surface area contributed by atoms with Crippen molar-refractivity contribution in [3.05, 3.63) is 59.9 Å². The Kier molecular flexibility index (Phi) is 6.57. The van der Waals surface area contributed by atoms with Gasteiger partial charge in [0.05, 0.1) is 7.05 Å². The van der Waals surface area contributed by atoms with Crippen molar-refractivity contribution >= 4 is 29.0 Å². The molecule has 2 aromatic carbocycles. The molecule has 136 valence electrons. The van der Waals surface area contributed by atoms with E-state index < -0.39 is 0 Å². The second-order valence-electron chi connectivity index (χ2n) is 6.05. The van der Waals surface area contributed by atoms with Crippen LogP contribution in [0.5, 0.6) is 0 Å². The Morgan fingerprint density at radius 1 is 0.923 bits per heavy atom. The van der Waals surface area contributed by atoms with Gasteiger partial charge in [0.1, 0.15) is 5.82 Å². The summed E-state index contributed by atoms with van der Waals surface area (Å²) in [6.07, 6.45) is 0. The Labute approximate surface area is 151 Å². The fourth-order valence-electron chi connectivity index (χ4n) is 2.37. The fourth-order valence-corrected chi connectivity index (χ4v) is 2.37. The van der Waals surface area contributed by atoms with Gasteiger partial charge in [-0.3, -0.25) is 14.4 Å². The number of benzene rings is 2. The number of quaternary nitrogens is 1. The van der Waals surface area contributed by atoms with Crippen LogP contribution in [-0.2, 0) is 9.59 Å². The molecule has 1 atom stereocenters. The summed E-state index contributed by atoms with van der Waals surface area (Å²) < 4.78 is 12.8. The number of amides is 2. The van der Waals surface area contributed by atoms with Gasteiger partial charge in [-0.1, -0.05) is 12.1 Å². The Bertz CT molecular complexity index is 806. The zero-order valence-corrected chi connectivity index (χ0v) is 14.6. The average molecular weight is 358 g/mol. The molecular formula is C19H21FN3O3+. The van der Waals surface area contributed by atoms with Gasteiger partial charge in [0.15, 0.2) is 18.9 Å². The van der Waals surface area contributed by atoms with Crippen LogP contribution in [0.1, 0.15) is 17.3 Å². The smallest absolute Gasteiger partial charge is 0.279 e. The van der Waals surface area contributed by atoms with E-state index in [-0.39, 0.29) is 36.5 Å². The lowest BCUT2D eigenvalue weighted by atomic mass is 10.1. The summed E-state index contributed by atoms with van der Waals surface area (Å²) in [6, 6.07) is 12.1. The molecule has 0 aliphatic carbocycles. The number of rotatable bonds is 7. The number of likely N-dealkylation sites (N-methyl/N-ethyl adjacent to an activating group) is 1. The second-order valence-corrected chi connectivity index (χ2v) is 6.05. The molecule has 0 saturated carbocycles. The van der Waals surface area contributed by atoms with Crippen molar-refractivity contribution in [1.82, 2.24) is 0 Å². The summed E-state index contributed by atoms with van der Waals surface area (Å²) in [5, 5.41) is 5.36. The molecule has 0 fully saturated rings. The van der Waals surface area contributed by atoms with Gasteiger partial charge in [-0.2, -0.15) is 0 Å². The second kappa shape index (κ2) is 8.87. The summed E-state index contributed by atoms with van der Waals surface area (Å²) in [7, 11) is 1.72. The highest BCUT2D eigenvalue weighted by Gasteiger charge is 2.15. The molecule has 0 aliphatic rings. The molecule has 1 unspecified atom stereocenters. The Hall–Kier alpha value is -3.06. The molecule has 0 heterocycles. The van der Waals surface area contributed by atoms with E-state index in [2.05, 4.69) is 10.6 Å². The minimum Gasteiger partial charge on any atom is -0.322 e. The lowest BCUT2D eigenvalue weighted by Gasteiger charge is -2.14. The summed E-state index contributed by atoms with van der Waals surface area (Å²) in [4.78, 5) is 36.1. The number of carbonyl (C=O) groups excluding carboxylic acids is 3. The van der Waals surface area contributed by atoms with E-state index in [0.717, 1.165) is 0 Å². The van der Waals surface area contributed by atoms with Gasteiger partial charge >= 0.3 is 0 Å². The molecule has 0 saturated heterocycles. The van der Waals surface area contributed by atoms with E-state index in [9.17, 15) is 18.8 Å². The zero-order chi connectivity index (χ0) is 19.1. The Morgan fingerprint density at radius 2 is 1.50 bits per heavy atom. The minimum absolute atomic E-state index is 0.0816. The predicted molar refractivity (Wildman–Crippen MR) is 96.7 cm³/mol. The Morgan fingerprint density at radius 3 is 2.08 bits per heavy atom. The maximum Gasteiger partial charge on any atom is 0.279 e. The van der Waals surface area contributed by atoms with E-state index in [0.29, 0.717) is 21.8 Å². The largest absolute Gasteiger partial charge is 0.322 e. The first kappa shape index (κ1) is 19.3. The predicted octanol–water partition coefficient (Wildman–Crippen LogP) is 1.12. The SMILES string of the molecule is CC(=O)c1cccc(NC(=O)C[NH+](C)CC(=O)Nc2ccc(F)cc2)c1. The standard InChI is InChI=1S/C19H20FN3O3/c1-13(24)14-4-3-5-17(10-14)22-19(26)12-23(2)11-18(25)21-16-8-6-15(20)7-9-16/h3-10H,11-12H2,1-2H3,(H,21,25)(H,22,26)/p+1. The van der Waals surface area contributed by atoms with Crippen molar-refractivity contribution in [2.24, 2.45) is 0 Å². The third kappa shape index (κ3) is 6.10. The van der Waals surface area contributed by atoms with Crippen molar-refractivity contribution in [3.63, 3.8) is 0 Å². The summed E-state index contributed by atoms with van der Waals surface area (Å²) in [5.41, 5.74) is 1.54. The third-order valence-electron chi connectivity index (χ3n) is 3.61. The van der Waals surface area contributed by atoms with Crippen LogP contribution in [0.2, 0.25) is 0 Å². The van der Waals surface area contributed by atoms with E-state index in [1.54, 1.807) is 31.3 Å². The first-order chi connectivity index (χ1) is 12.3. The number of nitrogens with one attached hydrogen (secondary N) is 3. The number of halogens is 1. The molecule has 2 aromatic rings. The molecule has 26 heavy (non-hydrogen) atoms. The highest BCUT2D eigenvalue weighted by atomic mass is 19.1. The van der Waals surface area contributed by atoms with Gasteiger partial charge in [-0.05, 0) is 43.3 Å². The highest BCUT2D eigenvalue weighted by molar-refractivity contribution is 5.97. The van der Waals surface area contributed by atoms with Crippen LogP contribution in [0.15, 0.2) is 48.5 Å². The number of hydrogen-bond donors (Lipinski definition) is 3. The van der Waals surface area contributed by atoms with Crippen LogP contribution in [0, 0.1) is 5.82 Å². The molecular weight excluding hydrogens is 337 g/mol. The molecule has 2 rings (SSSR count). The quantitative estimate of drug-likeness (QED) is 0.649. The lowest BCUT2D eigenvalue weighted by molar-refractivity contribution is -0.862. The van der Waals surface area contributed by atoms with Crippen molar-refractivity contribution < 1.29 is 23.7 Å². The summed E-state index contributed by atoms with van der Waals surface area (Å²) in [6.45, 7) is 1.62. The molecule has 0 aliphatic heterocycles. The van der Waals surface area contributed by atoms with Crippen LogP contribution >= 0.6 is 0 Å². The summed E-state index contributed by atoms with van der Waals surface area (Å²) >= 11 is 0. The van der Waals surface area contributed by atoms with Crippen LogP contribution < -0.4 is 15.5 Å². The monoisotopic (exact) mass is 358 g/mol. The van der Waals surface area contributed by atoms with Crippen LogP contribution in [-0.4, -0.2) is 37.7 Å².